The number of amides is 1. The SMILES string of the molecule is COCc1cc2c(Nc3cc([C@H]4OC[C@@H](OC(=O)NC56CC(C5)C6)[C@H]4F)[nH]n3)nccn2n1. The van der Waals surface area contributed by atoms with Gasteiger partial charge in [-0.15, -0.1) is 0 Å². The summed E-state index contributed by atoms with van der Waals surface area (Å²) in [4.78, 5) is 16.5. The van der Waals surface area contributed by atoms with E-state index in [4.69, 9.17) is 14.2 Å². The van der Waals surface area contributed by atoms with E-state index in [1.165, 1.54) is 0 Å². The van der Waals surface area contributed by atoms with Gasteiger partial charge in [0.1, 0.15) is 11.6 Å². The molecule has 3 saturated carbocycles. The molecule has 1 saturated heterocycles. The Hall–Kier alpha value is -3.25. The number of halogens is 1. The lowest BCUT2D eigenvalue weighted by Crippen LogP contribution is -2.68. The molecule has 3 aromatic rings. The smallest absolute Gasteiger partial charge is 0.408 e. The topological polar surface area (TPSA) is 128 Å². The maximum atomic E-state index is 15.0. The van der Waals surface area contributed by atoms with E-state index < -0.39 is 24.5 Å². The van der Waals surface area contributed by atoms with Crippen molar-refractivity contribution in [3.8, 4) is 0 Å². The van der Waals surface area contributed by atoms with Gasteiger partial charge in [0, 0.05) is 31.1 Å². The Kier molecular flexibility index (Phi) is 4.73. The van der Waals surface area contributed by atoms with Gasteiger partial charge in [0.25, 0.3) is 0 Å². The van der Waals surface area contributed by atoms with Crippen LogP contribution in [0.15, 0.2) is 24.5 Å². The summed E-state index contributed by atoms with van der Waals surface area (Å²) < 4.78 is 32.7. The molecule has 4 fully saturated rings. The minimum atomic E-state index is -1.51. The molecule has 7 rings (SSSR count). The predicted octanol–water partition coefficient (Wildman–Crippen LogP) is 2.40. The van der Waals surface area contributed by atoms with Crippen molar-refractivity contribution in [2.75, 3.05) is 19.0 Å². The van der Waals surface area contributed by atoms with Crippen LogP contribution in [0.2, 0.25) is 0 Å². The Labute approximate surface area is 188 Å². The number of alkyl carbamates (subject to hydrolysis) is 1. The number of methoxy groups -OCH3 is 1. The second-order valence-electron chi connectivity index (χ2n) is 9.03. The average Bonchev–Trinajstić information content (AvgIpc) is 3.44. The van der Waals surface area contributed by atoms with E-state index in [-0.39, 0.29) is 12.1 Å². The van der Waals surface area contributed by atoms with E-state index in [1.807, 2.05) is 6.07 Å². The highest BCUT2D eigenvalue weighted by atomic mass is 19.1. The number of nitrogens with zero attached hydrogens (tertiary/aromatic N) is 4. The number of fused-ring (bicyclic) bond motifs is 1. The van der Waals surface area contributed by atoms with Crippen LogP contribution in [-0.2, 0) is 20.8 Å². The molecular weight excluding hydrogens is 433 g/mol. The molecule has 0 unspecified atom stereocenters. The van der Waals surface area contributed by atoms with Gasteiger partial charge in [-0.3, -0.25) is 5.10 Å². The average molecular weight is 457 g/mol. The zero-order valence-corrected chi connectivity index (χ0v) is 18.0. The molecule has 11 nitrogen and oxygen atoms in total. The number of ether oxygens (including phenoxy) is 3. The lowest BCUT2D eigenvalue weighted by Gasteiger charge is -2.61. The van der Waals surface area contributed by atoms with E-state index in [0.29, 0.717) is 23.9 Å². The second-order valence-corrected chi connectivity index (χ2v) is 9.03. The maximum absolute atomic E-state index is 15.0. The number of aromatic amines is 1. The van der Waals surface area contributed by atoms with Crippen molar-refractivity contribution in [2.45, 2.75) is 49.8 Å². The standard InChI is InChI=1S/C21H24FN7O4/c1-31-9-12-4-14-19(23-2-3-29(14)28-12)24-16-5-13(26-27-16)18-17(22)15(10-32-18)33-20(30)25-21-6-11(7-21)8-21/h2-5,11,15,17-18H,6-10H2,1H3,(H,25,30)(H2,23,24,26,27)/t11?,15-,17-,18-,21?/m1/s1. The van der Waals surface area contributed by atoms with E-state index in [9.17, 15) is 4.79 Å². The highest BCUT2D eigenvalue weighted by molar-refractivity contribution is 5.72. The molecule has 3 N–H and O–H groups in total. The Balaban J connectivity index is 1.11. The predicted molar refractivity (Wildman–Crippen MR) is 113 cm³/mol. The molecule has 1 aliphatic heterocycles. The van der Waals surface area contributed by atoms with Crippen LogP contribution < -0.4 is 10.6 Å². The van der Waals surface area contributed by atoms with Gasteiger partial charge in [-0.1, -0.05) is 0 Å². The summed E-state index contributed by atoms with van der Waals surface area (Å²) in [6.45, 7) is 0.364. The van der Waals surface area contributed by atoms with Crippen molar-refractivity contribution in [3.05, 3.63) is 35.9 Å². The first-order chi connectivity index (χ1) is 16.0. The normalized spacial score (nSPS) is 30.0. The molecule has 33 heavy (non-hydrogen) atoms. The molecule has 12 heteroatoms. The van der Waals surface area contributed by atoms with E-state index in [0.717, 1.165) is 36.4 Å². The number of carbonyl (C=O) groups is 1. The van der Waals surface area contributed by atoms with E-state index in [2.05, 4.69) is 30.9 Å². The first-order valence-electron chi connectivity index (χ1n) is 10.9. The van der Waals surface area contributed by atoms with Crippen molar-refractivity contribution in [1.82, 2.24) is 30.1 Å². The molecule has 3 atom stereocenters. The number of nitrogens with one attached hydrogen (secondary N) is 3. The van der Waals surface area contributed by atoms with Gasteiger partial charge >= 0.3 is 6.09 Å². The van der Waals surface area contributed by atoms with Gasteiger partial charge in [-0.05, 0) is 31.2 Å². The van der Waals surface area contributed by atoms with Crippen molar-refractivity contribution < 1.29 is 23.4 Å². The van der Waals surface area contributed by atoms with E-state index >= 15 is 4.39 Å². The van der Waals surface area contributed by atoms with Gasteiger partial charge in [0.15, 0.2) is 23.9 Å². The molecule has 0 aromatic carbocycles. The minimum absolute atomic E-state index is 0.0182. The Morgan fingerprint density at radius 2 is 2.24 bits per heavy atom. The number of carbonyl (C=O) groups excluding carboxylic acids is 1. The highest BCUT2D eigenvalue weighted by Gasteiger charge is 2.58. The van der Waals surface area contributed by atoms with Crippen molar-refractivity contribution in [2.24, 2.45) is 5.92 Å². The third-order valence-electron chi connectivity index (χ3n) is 6.63. The van der Waals surface area contributed by atoms with Crippen LogP contribution in [0.1, 0.15) is 36.8 Å². The lowest BCUT2D eigenvalue weighted by atomic mass is 9.50. The third kappa shape index (κ3) is 3.59. The fourth-order valence-corrected chi connectivity index (χ4v) is 4.91. The summed E-state index contributed by atoms with van der Waals surface area (Å²) >= 11 is 0. The van der Waals surface area contributed by atoms with Gasteiger partial charge in [-0.2, -0.15) is 10.2 Å². The second kappa shape index (κ2) is 7.66. The summed E-state index contributed by atoms with van der Waals surface area (Å²) in [7, 11) is 1.61. The Morgan fingerprint density at radius 1 is 1.39 bits per heavy atom. The van der Waals surface area contributed by atoms with Crippen molar-refractivity contribution >= 4 is 23.2 Å². The van der Waals surface area contributed by atoms with Gasteiger partial charge in [0.2, 0.25) is 0 Å². The summed E-state index contributed by atoms with van der Waals surface area (Å²) in [5, 5.41) is 17.4. The number of anilines is 2. The van der Waals surface area contributed by atoms with Crippen LogP contribution in [-0.4, -0.2) is 62.4 Å². The van der Waals surface area contributed by atoms with Crippen LogP contribution in [0, 0.1) is 5.92 Å². The summed E-state index contributed by atoms with van der Waals surface area (Å²) in [5.74, 6) is 1.72. The first-order valence-corrected chi connectivity index (χ1v) is 10.9. The molecule has 3 aliphatic carbocycles. The lowest BCUT2D eigenvalue weighted by molar-refractivity contribution is -0.0528. The van der Waals surface area contributed by atoms with Crippen LogP contribution in [0.25, 0.3) is 5.52 Å². The molecule has 0 spiro atoms. The molecule has 1 amide bonds. The van der Waals surface area contributed by atoms with Gasteiger partial charge < -0.3 is 24.8 Å². The number of H-pyrrole nitrogens is 1. The zero-order valence-electron chi connectivity index (χ0n) is 18.0. The van der Waals surface area contributed by atoms with Crippen LogP contribution in [0.4, 0.5) is 20.8 Å². The number of rotatable bonds is 7. The molecule has 174 valence electrons. The fraction of sp³-hybridized carbons (Fsp3) is 0.524. The van der Waals surface area contributed by atoms with Crippen molar-refractivity contribution in [1.29, 1.82) is 0 Å². The zero-order chi connectivity index (χ0) is 22.6. The minimum Gasteiger partial charge on any atom is -0.441 e. The highest BCUT2D eigenvalue weighted by Crippen LogP contribution is 2.57. The molecule has 0 radical (unpaired) electrons. The maximum Gasteiger partial charge on any atom is 0.408 e. The summed E-state index contributed by atoms with van der Waals surface area (Å²) in [6, 6.07) is 3.52. The largest absolute Gasteiger partial charge is 0.441 e. The van der Waals surface area contributed by atoms with Crippen LogP contribution >= 0.6 is 0 Å². The fourth-order valence-electron chi connectivity index (χ4n) is 4.91. The molecule has 3 aromatic heterocycles. The number of hydrogen-bond acceptors (Lipinski definition) is 8. The number of aromatic nitrogens is 5. The Morgan fingerprint density at radius 3 is 3.00 bits per heavy atom. The third-order valence-corrected chi connectivity index (χ3v) is 6.63. The molecule has 4 heterocycles. The molecule has 4 aliphatic rings. The van der Waals surface area contributed by atoms with Gasteiger partial charge in [-0.25, -0.2) is 18.7 Å². The van der Waals surface area contributed by atoms with Crippen molar-refractivity contribution in [3.63, 3.8) is 0 Å². The number of hydrogen-bond donors (Lipinski definition) is 3. The molecular formula is C21H24FN7O4. The van der Waals surface area contributed by atoms with E-state index in [1.54, 1.807) is 30.1 Å². The molecule has 2 bridgehead atoms. The number of alkyl halides is 1. The van der Waals surface area contributed by atoms with Crippen LogP contribution in [0.5, 0.6) is 0 Å². The van der Waals surface area contributed by atoms with Gasteiger partial charge in [0.05, 0.1) is 24.6 Å². The Bertz CT molecular complexity index is 1180. The summed E-state index contributed by atoms with van der Waals surface area (Å²) in [5.41, 5.74) is 1.84. The summed E-state index contributed by atoms with van der Waals surface area (Å²) in [6.07, 6.45) is 2.36. The monoisotopic (exact) mass is 457 g/mol. The van der Waals surface area contributed by atoms with Crippen LogP contribution in [0.3, 0.4) is 0 Å². The quantitative estimate of drug-likeness (QED) is 0.494. The first kappa shape index (κ1) is 20.4.